The number of carbonyl (C=O) groups is 1. The van der Waals surface area contributed by atoms with Crippen molar-refractivity contribution in [2.75, 3.05) is 6.54 Å². The second-order valence-electron chi connectivity index (χ2n) is 4.33. The zero-order valence-electron chi connectivity index (χ0n) is 11.7. The number of hydrogen-bond donors (Lipinski definition) is 1. The number of halogens is 1. The monoisotopic (exact) mass is 500 g/mol. The Balaban J connectivity index is 0.000000211. The van der Waals surface area contributed by atoms with Crippen LogP contribution >= 0.6 is 9.42 Å². The fraction of sp³-hybridized carbons (Fsp3) is 0.267. The summed E-state index contributed by atoms with van der Waals surface area (Å²) in [5.41, 5.74) is 1.83. The minimum Gasteiger partial charge on any atom is -0.255 e. The van der Waals surface area contributed by atoms with Crippen molar-refractivity contribution in [2.45, 2.75) is 18.9 Å². The first-order valence-electron chi connectivity index (χ1n) is 6.61. The molecule has 3 heterocycles. The van der Waals surface area contributed by atoms with E-state index in [9.17, 15) is 4.79 Å². The fourth-order valence-electron chi connectivity index (χ4n) is 1.85. The van der Waals surface area contributed by atoms with E-state index in [1.54, 1.807) is 31.2 Å². The van der Waals surface area contributed by atoms with Crippen molar-refractivity contribution in [2.24, 2.45) is 0 Å². The van der Waals surface area contributed by atoms with E-state index < -0.39 is 12.0 Å². The molecule has 0 saturated carbocycles. The molecular formula is C15H16ClN3O2Pt. The Morgan fingerprint density at radius 1 is 1.14 bits per heavy atom. The zero-order valence-corrected chi connectivity index (χ0v) is 14.7. The molecule has 1 saturated heterocycles. The summed E-state index contributed by atoms with van der Waals surface area (Å²) in [4.78, 5) is 18.5. The van der Waals surface area contributed by atoms with E-state index >= 15 is 0 Å². The third-order valence-electron chi connectivity index (χ3n) is 2.86. The molecule has 2 aromatic rings. The first-order valence-corrected chi connectivity index (χ1v) is 9.43. The van der Waals surface area contributed by atoms with Gasteiger partial charge in [-0.1, -0.05) is 25.0 Å². The van der Waals surface area contributed by atoms with Gasteiger partial charge in [0, 0.05) is 12.4 Å². The second kappa shape index (κ2) is 11.3. The maximum atomic E-state index is 10.1. The Hall–Kier alpha value is -1.29. The van der Waals surface area contributed by atoms with E-state index in [0.29, 0.717) is 0 Å². The molecule has 22 heavy (non-hydrogen) atoms. The molecule has 1 unspecified atom stereocenters. The summed E-state index contributed by atoms with van der Waals surface area (Å²) in [5.74, 6) is -0.775. The minimum absolute atomic E-state index is 0.394. The molecule has 0 radical (unpaired) electrons. The third-order valence-corrected chi connectivity index (χ3v) is 2.86. The summed E-state index contributed by atoms with van der Waals surface area (Å²) in [6.45, 7) is 0.733. The number of carboxylic acids is 1. The third kappa shape index (κ3) is 6.65. The summed E-state index contributed by atoms with van der Waals surface area (Å²) >= 11 is 1.61. The van der Waals surface area contributed by atoms with Gasteiger partial charge in [0.1, 0.15) is 0 Å². The van der Waals surface area contributed by atoms with Gasteiger partial charge in [0.25, 0.3) is 5.97 Å². The average Bonchev–Trinajstić information content (AvgIpc) is 3.14. The SMILES string of the molecule is O=C(O)C1CCC[N-]1.[Cl][Pt+].c1ccc(-c2ccccn2)nc1. The van der Waals surface area contributed by atoms with Gasteiger partial charge in [-0.05, 0) is 30.3 Å². The first kappa shape index (κ1) is 18.8. The van der Waals surface area contributed by atoms with Crippen molar-refractivity contribution in [1.29, 1.82) is 0 Å². The molecule has 2 aromatic heterocycles. The van der Waals surface area contributed by atoms with Crippen molar-refractivity contribution >= 4 is 15.4 Å². The van der Waals surface area contributed by atoms with Gasteiger partial charge in [0.15, 0.2) is 0 Å². The molecule has 0 aromatic carbocycles. The van der Waals surface area contributed by atoms with Gasteiger partial charge < -0.3 is 10.4 Å². The molecule has 1 atom stereocenters. The van der Waals surface area contributed by atoms with Gasteiger partial charge in [-0.25, -0.2) is 0 Å². The van der Waals surface area contributed by atoms with Crippen LogP contribution in [0.15, 0.2) is 48.8 Å². The number of hydrogen-bond acceptors (Lipinski definition) is 3. The topological polar surface area (TPSA) is 77.2 Å². The van der Waals surface area contributed by atoms with Crippen LogP contribution in [0, 0.1) is 0 Å². The van der Waals surface area contributed by atoms with Crippen LogP contribution in [0.3, 0.4) is 0 Å². The molecule has 1 aliphatic heterocycles. The molecule has 1 N–H and O–H groups in total. The second-order valence-corrected chi connectivity index (χ2v) is 4.33. The number of aliphatic carboxylic acids is 1. The van der Waals surface area contributed by atoms with Crippen LogP contribution in [0.5, 0.6) is 0 Å². The van der Waals surface area contributed by atoms with Crippen LogP contribution in [0.25, 0.3) is 16.7 Å². The van der Waals surface area contributed by atoms with Gasteiger partial charge in [-0.2, -0.15) is 0 Å². The largest absolute Gasteiger partial charge is 0.255 e. The van der Waals surface area contributed by atoms with Crippen LogP contribution in [-0.2, 0) is 23.6 Å². The van der Waals surface area contributed by atoms with E-state index in [-0.39, 0.29) is 0 Å². The van der Waals surface area contributed by atoms with Crippen LogP contribution < -0.4 is 0 Å². The Bertz CT molecular complexity index is 499. The number of carboxylic acid groups (broad SMARTS) is 1. The van der Waals surface area contributed by atoms with Crippen molar-refractivity contribution in [3.05, 3.63) is 54.1 Å². The van der Waals surface area contributed by atoms with E-state index in [1.807, 2.05) is 36.4 Å². The first-order chi connectivity index (χ1) is 10.8. The predicted octanol–water partition coefficient (Wildman–Crippen LogP) is 3.44. The van der Waals surface area contributed by atoms with Gasteiger partial charge in [-0.15, -0.1) is 6.54 Å². The summed E-state index contributed by atoms with van der Waals surface area (Å²) in [6.07, 6.45) is 5.21. The van der Waals surface area contributed by atoms with Crippen LogP contribution in [0.1, 0.15) is 12.8 Å². The summed E-state index contributed by atoms with van der Waals surface area (Å²) in [6, 6.07) is 11.2. The van der Waals surface area contributed by atoms with Gasteiger partial charge >= 0.3 is 28.2 Å². The van der Waals surface area contributed by atoms with Gasteiger partial charge in [0.05, 0.1) is 11.4 Å². The van der Waals surface area contributed by atoms with E-state index in [1.165, 1.54) is 0 Å². The molecule has 1 fully saturated rings. The Morgan fingerprint density at radius 2 is 1.68 bits per heavy atom. The van der Waals surface area contributed by atoms with Crippen LogP contribution in [0.4, 0.5) is 0 Å². The summed E-state index contributed by atoms with van der Waals surface area (Å²) in [7, 11) is 4.61. The zero-order chi connectivity index (χ0) is 16.2. The standard InChI is InChI=1S/C10H8N2.C5H8NO2.ClH.Pt/c1-3-7-11-9(5-1)10-6-2-4-8-12-10;7-5(8)4-2-1-3-6-4;;/h1-8H;4H,1-3H2,(H,7,8);1H;/q;-1;;+2/p-1. The summed E-state index contributed by atoms with van der Waals surface area (Å²) < 4.78 is 0. The number of pyridine rings is 2. The average molecular weight is 501 g/mol. The summed E-state index contributed by atoms with van der Waals surface area (Å²) in [5, 5.41) is 12.2. The van der Waals surface area contributed by atoms with Crippen molar-refractivity contribution < 1.29 is 28.7 Å². The molecule has 1 aliphatic rings. The van der Waals surface area contributed by atoms with Crippen molar-refractivity contribution in [3.8, 4) is 11.4 Å². The van der Waals surface area contributed by atoms with E-state index in [4.69, 9.17) is 5.11 Å². The quantitative estimate of drug-likeness (QED) is 0.685. The maximum absolute atomic E-state index is 10.1. The molecule has 5 nitrogen and oxygen atoms in total. The Kier molecular flexibility index (Phi) is 9.63. The van der Waals surface area contributed by atoms with Crippen molar-refractivity contribution in [3.63, 3.8) is 0 Å². The van der Waals surface area contributed by atoms with Crippen LogP contribution in [0.2, 0.25) is 0 Å². The molecule has 0 aliphatic carbocycles. The number of aromatic nitrogens is 2. The predicted molar refractivity (Wildman–Crippen MR) is 82.2 cm³/mol. The normalized spacial score (nSPS) is 15.9. The Morgan fingerprint density at radius 3 is 1.95 bits per heavy atom. The number of rotatable bonds is 2. The van der Waals surface area contributed by atoms with Crippen LogP contribution in [-0.4, -0.2) is 33.6 Å². The minimum atomic E-state index is -0.775. The van der Waals surface area contributed by atoms with E-state index in [0.717, 1.165) is 30.8 Å². The molecule has 120 valence electrons. The molecule has 0 bridgehead atoms. The fourth-order valence-corrected chi connectivity index (χ4v) is 1.85. The smallest absolute Gasteiger partial charge is 0.0886 e. The molecular weight excluding hydrogens is 485 g/mol. The van der Waals surface area contributed by atoms with Crippen molar-refractivity contribution in [1.82, 2.24) is 9.97 Å². The molecule has 0 amide bonds. The van der Waals surface area contributed by atoms with E-state index in [2.05, 4.69) is 24.7 Å². The van der Waals surface area contributed by atoms with Gasteiger partial charge in [-0.3, -0.25) is 14.8 Å². The van der Waals surface area contributed by atoms with Gasteiger partial charge in [0.2, 0.25) is 0 Å². The molecule has 0 spiro atoms. The Labute approximate surface area is 145 Å². The maximum Gasteiger partial charge on any atom is 0.0886 e. The molecule has 7 heteroatoms. The number of nitrogens with zero attached hydrogens (tertiary/aromatic N) is 3. The molecule has 3 rings (SSSR count).